The van der Waals surface area contributed by atoms with E-state index in [1.807, 2.05) is 0 Å². The second-order valence-corrected chi connectivity index (χ2v) is 4.61. The first-order valence-electron chi connectivity index (χ1n) is 5.89. The van der Waals surface area contributed by atoms with E-state index in [2.05, 4.69) is 28.3 Å². The Bertz CT molecular complexity index is 292. The molecule has 1 aliphatic rings. The molecule has 88 valence electrons. The molecule has 0 amide bonds. The maximum Gasteiger partial charge on any atom is 0.106 e. The van der Waals surface area contributed by atoms with Gasteiger partial charge in [-0.2, -0.15) is 5.26 Å². The Kier molecular flexibility index (Phi) is 5.10. The quantitative estimate of drug-likeness (QED) is 0.335. The van der Waals surface area contributed by atoms with Crippen LogP contribution in [0.2, 0.25) is 0 Å². The van der Waals surface area contributed by atoms with Gasteiger partial charge >= 0.3 is 0 Å². The molecule has 0 spiro atoms. The van der Waals surface area contributed by atoms with E-state index < -0.39 is 0 Å². The normalized spacial score (nSPS) is 29.1. The van der Waals surface area contributed by atoms with Gasteiger partial charge in [0.1, 0.15) is 5.54 Å². The molecule has 1 N–H and O–H groups in total. The number of hydrogen-bond donors (Lipinski definition) is 1. The highest BCUT2D eigenvalue weighted by molar-refractivity contribution is 5.08. The van der Waals surface area contributed by atoms with E-state index in [1.54, 1.807) is 0 Å². The highest BCUT2D eigenvalue weighted by Gasteiger charge is 2.33. The van der Waals surface area contributed by atoms with Crippen molar-refractivity contribution in [3.8, 4) is 6.07 Å². The van der Waals surface area contributed by atoms with Crippen LogP contribution >= 0.6 is 0 Å². The Balaban J connectivity index is 2.31. The van der Waals surface area contributed by atoms with E-state index in [-0.39, 0.29) is 5.54 Å². The molecule has 16 heavy (non-hydrogen) atoms. The molecule has 0 aliphatic heterocycles. The van der Waals surface area contributed by atoms with Crippen LogP contribution in [0.3, 0.4) is 0 Å². The van der Waals surface area contributed by atoms with E-state index in [0.717, 1.165) is 44.6 Å². The molecule has 1 fully saturated rings. The van der Waals surface area contributed by atoms with Gasteiger partial charge in [-0.25, -0.2) is 0 Å². The number of rotatable bonds is 5. The van der Waals surface area contributed by atoms with Crippen LogP contribution in [0, 0.1) is 17.2 Å². The minimum atomic E-state index is -0.330. The summed E-state index contributed by atoms with van der Waals surface area (Å²) in [5.74, 6) is 0.742. The standard InChI is InChI=1S/C11H19N5/c1-10-3-5-11(9-12,6-4-10)14-7-2-8-15-16-13/h10,14H,2-8H2,1H3. The summed E-state index contributed by atoms with van der Waals surface area (Å²) >= 11 is 0. The Labute approximate surface area is 96.5 Å². The van der Waals surface area contributed by atoms with Gasteiger partial charge in [-0.1, -0.05) is 12.0 Å². The van der Waals surface area contributed by atoms with Gasteiger partial charge in [-0.3, -0.25) is 5.32 Å². The van der Waals surface area contributed by atoms with Gasteiger partial charge in [0.05, 0.1) is 6.07 Å². The van der Waals surface area contributed by atoms with Gasteiger partial charge in [0.25, 0.3) is 0 Å². The summed E-state index contributed by atoms with van der Waals surface area (Å²) in [5.41, 5.74) is 7.80. The third-order valence-electron chi connectivity index (χ3n) is 3.30. The topological polar surface area (TPSA) is 84.6 Å². The average Bonchev–Trinajstić information content (AvgIpc) is 2.32. The van der Waals surface area contributed by atoms with E-state index in [9.17, 15) is 5.26 Å². The van der Waals surface area contributed by atoms with Crippen molar-refractivity contribution in [3.63, 3.8) is 0 Å². The maximum absolute atomic E-state index is 9.24. The molecule has 0 radical (unpaired) electrons. The van der Waals surface area contributed by atoms with Gasteiger partial charge < -0.3 is 0 Å². The number of nitrogens with zero attached hydrogens (tertiary/aromatic N) is 4. The Morgan fingerprint density at radius 2 is 2.25 bits per heavy atom. The molecule has 5 nitrogen and oxygen atoms in total. The molecule has 0 aromatic carbocycles. The number of azide groups is 1. The molecule has 0 atom stereocenters. The second kappa shape index (κ2) is 6.37. The first kappa shape index (κ1) is 12.8. The zero-order valence-electron chi connectivity index (χ0n) is 9.82. The lowest BCUT2D eigenvalue weighted by molar-refractivity contribution is 0.249. The lowest BCUT2D eigenvalue weighted by atomic mass is 9.78. The van der Waals surface area contributed by atoms with Crippen molar-refractivity contribution in [1.82, 2.24) is 5.32 Å². The summed E-state index contributed by atoms with van der Waals surface area (Å²) in [7, 11) is 0. The molecule has 1 aliphatic carbocycles. The average molecular weight is 221 g/mol. The Morgan fingerprint density at radius 1 is 1.56 bits per heavy atom. The van der Waals surface area contributed by atoms with Crippen molar-refractivity contribution < 1.29 is 0 Å². The predicted octanol–water partition coefficient (Wildman–Crippen LogP) is 2.75. The van der Waals surface area contributed by atoms with Crippen molar-refractivity contribution in [2.75, 3.05) is 13.1 Å². The summed E-state index contributed by atoms with van der Waals surface area (Å²) in [6.07, 6.45) is 4.91. The summed E-state index contributed by atoms with van der Waals surface area (Å²) in [5, 5.41) is 16.0. The van der Waals surface area contributed by atoms with Crippen LogP contribution in [0.25, 0.3) is 10.4 Å². The summed E-state index contributed by atoms with van der Waals surface area (Å²) in [4.78, 5) is 2.70. The van der Waals surface area contributed by atoms with Gasteiger partial charge in [0.2, 0.25) is 0 Å². The third-order valence-corrected chi connectivity index (χ3v) is 3.30. The Hall–Kier alpha value is -1.24. The smallest absolute Gasteiger partial charge is 0.106 e. The summed E-state index contributed by atoms with van der Waals surface area (Å²) in [6, 6.07) is 2.41. The molecule has 1 rings (SSSR count). The molecule has 5 heteroatoms. The van der Waals surface area contributed by atoms with Crippen molar-refractivity contribution in [1.29, 1.82) is 5.26 Å². The molecular formula is C11H19N5. The van der Waals surface area contributed by atoms with Crippen LogP contribution in [-0.4, -0.2) is 18.6 Å². The highest BCUT2D eigenvalue weighted by Crippen LogP contribution is 2.31. The van der Waals surface area contributed by atoms with E-state index in [1.165, 1.54) is 0 Å². The third kappa shape index (κ3) is 3.73. The van der Waals surface area contributed by atoms with E-state index in [0.29, 0.717) is 6.54 Å². The second-order valence-electron chi connectivity index (χ2n) is 4.61. The summed E-state index contributed by atoms with van der Waals surface area (Å²) in [6.45, 7) is 3.49. The SMILES string of the molecule is CC1CCC(C#N)(NCCCN=[N+]=[N-])CC1. The van der Waals surface area contributed by atoms with Crippen molar-refractivity contribution in [3.05, 3.63) is 10.4 Å². The van der Waals surface area contributed by atoms with E-state index >= 15 is 0 Å². The minimum Gasteiger partial charge on any atom is -0.299 e. The van der Waals surface area contributed by atoms with Gasteiger partial charge in [0.15, 0.2) is 0 Å². The van der Waals surface area contributed by atoms with Crippen LogP contribution in [-0.2, 0) is 0 Å². The van der Waals surface area contributed by atoms with Crippen molar-refractivity contribution >= 4 is 0 Å². The van der Waals surface area contributed by atoms with Crippen LogP contribution in [0.5, 0.6) is 0 Å². The lowest BCUT2D eigenvalue weighted by Gasteiger charge is -2.34. The fraction of sp³-hybridized carbons (Fsp3) is 0.909. The first-order valence-corrected chi connectivity index (χ1v) is 5.89. The molecule has 0 saturated heterocycles. The zero-order valence-corrected chi connectivity index (χ0v) is 9.82. The molecule has 1 saturated carbocycles. The molecular weight excluding hydrogens is 202 g/mol. The number of hydrogen-bond acceptors (Lipinski definition) is 3. The number of nitrogens with one attached hydrogen (secondary N) is 1. The van der Waals surface area contributed by atoms with Crippen LogP contribution < -0.4 is 5.32 Å². The van der Waals surface area contributed by atoms with Gasteiger partial charge in [-0.05, 0) is 50.1 Å². The van der Waals surface area contributed by atoms with Gasteiger partial charge in [0, 0.05) is 11.5 Å². The molecule has 0 heterocycles. The van der Waals surface area contributed by atoms with Crippen molar-refractivity contribution in [2.45, 2.75) is 44.6 Å². The summed E-state index contributed by atoms with van der Waals surface area (Å²) < 4.78 is 0. The van der Waals surface area contributed by atoms with Crippen LogP contribution in [0.15, 0.2) is 5.11 Å². The zero-order chi connectivity index (χ0) is 11.9. The van der Waals surface area contributed by atoms with Gasteiger partial charge in [-0.15, -0.1) is 0 Å². The van der Waals surface area contributed by atoms with Crippen LogP contribution in [0.4, 0.5) is 0 Å². The minimum absolute atomic E-state index is 0.330. The van der Waals surface area contributed by atoms with E-state index in [4.69, 9.17) is 5.53 Å². The lowest BCUT2D eigenvalue weighted by Crippen LogP contribution is -2.47. The predicted molar refractivity (Wildman–Crippen MR) is 62.6 cm³/mol. The maximum atomic E-state index is 9.24. The monoisotopic (exact) mass is 221 g/mol. The molecule has 0 aromatic rings. The fourth-order valence-corrected chi connectivity index (χ4v) is 2.11. The molecule has 0 bridgehead atoms. The molecule has 0 aromatic heterocycles. The first-order chi connectivity index (χ1) is 7.72. The Morgan fingerprint density at radius 3 is 2.81 bits per heavy atom. The number of nitriles is 1. The van der Waals surface area contributed by atoms with Crippen molar-refractivity contribution in [2.24, 2.45) is 11.0 Å². The molecule has 0 unspecified atom stereocenters. The largest absolute Gasteiger partial charge is 0.299 e. The fourth-order valence-electron chi connectivity index (χ4n) is 2.11. The highest BCUT2D eigenvalue weighted by atomic mass is 15.1. The van der Waals surface area contributed by atoms with Crippen LogP contribution in [0.1, 0.15) is 39.0 Å².